The van der Waals surface area contributed by atoms with Crippen molar-refractivity contribution in [2.45, 2.75) is 48.0 Å². The van der Waals surface area contributed by atoms with Crippen LogP contribution in [0.5, 0.6) is 23.0 Å². The van der Waals surface area contributed by atoms with E-state index in [2.05, 4.69) is 62.2 Å². The summed E-state index contributed by atoms with van der Waals surface area (Å²) in [5, 5.41) is 35.1. The maximum Gasteiger partial charge on any atom is 0.314 e. The molecule has 0 bridgehead atoms. The van der Waals surface area contributed by atoms with E-state index in [9.17, 15) is 34.2 Å². The van der Waals surface area contributed by atoms with Crippen LogP contribution in [-0.2, 0) is 6.42 Å². The topological polar surface area (TPSA) is 222 Å². The normalized spacial score (nSPS) is 10.9. The number of nitro groups is 2. The fourth-order valence-electron chi connectivity index (χ4n) is 4.98. The predicted molar refractivity (Wildman–Crippen MR) is 213 cm³/mol. The summed E-state index contributed by atoms with van der Waals surface area (Å²) < 4.78 is 42.2. The van der Waals surface area contributed by atoms with Gasteiger partial charge in [0.25, 0.3) is 11.1 Å². The molecule has 4 aromatic heterocycles. The van der Waals surface area contributed by atoms with Crippen molar-refractivity contribution in [2.24, 2.45) is 0 Å². The molecule has 16 nitrogen and oxygen atoms in total. The van der Waals surface area contributed by atoms with Gasteiger partial charge in [-0.15, -0.1) is 0 Å². The van der Waals surface area contributed by atoms with Gasteiger partial charge in [0.2, 0.25) is 11.5 Å². The number of halogens is 4. The minimum absolute atomic E-state index is 0. The first-order valence-corrected chi connectivity index (χ1v) is 17.3. The van der Waals surface area contributed by atoms with Crippen LogP contribution < -0.4 is 20.6 Å². The summed E-state index contributed by atoms with van der Waals surface area (Å²) in [7, 11) is 0. The number of H-pyrrole nitrogens is 2. The SMILES string of the molecule is C.C.Cc1cc(C(C)c2ccc([N+](=O)[O-])c(Oc3cncc(Br)c3)c2F)n[nH]c1=O.Cc1cc(Cc2ccc([N+](=O)[O-])c(Oc3cncc(Br)c3)c2F)n[nH]c1=O. The Morgan fingerprint density at radius 3 is 1.72 bits per heavy atom. The number of aryl methyl sites for hydroxylation is 2. The van der Waals surface area contributed by atoms with E-state index in [0.717, 1.165) is 6.07 Å². The average molecular weight is 917 g/mol. The zero-order chi connectivity index (χ0) is 40.0. The van der Waals surface area contributed by atoms with Crippen molar-refractivity contribution < 1.29 is 28.1 Å². The van der Waals surface area contributed by atoms with Crippen LogP contribution in [0, 0.1) is 45.7 Å². The highest BCUT2D eigenvalue weighted by molar-refractivity contribution is 9.10. The third kappa shape index (κ3) is 10.9. The zero-order valence-electron chi connectivity index (χ0n) is 28.7. The number of aromatic amines is 2. The molecule has 1 unspecified atom stereocenters. The molecule has 6 aromatic rings. The van der Waals surface area contributed by atoms with Gasteiger partial charge in [-0.2, -0.15) is 10.2 Å². The Balaban J connectivity index is 0.000000295. The molecule has 0 aliphatic carbocycles. The number of rotatable bonds is 10. The molecular formula is C37H34Br2F2N8O8. The van der Waals surface area contributed by atoms with Crippen molar-refractivity contribution >= 4 is 43.2 Å². The maximum absolute atomic E-state index is 15.2. The van der Waals surface area contributed by atoms with Gasteiger partial charge in [0.1, 0.15) is 11.5 Å². The second-order valence-electron chi connectivity index (χ2n) is 11.7. The molecule has 0 radical (unpaired) electrons. The molecular weight excluding hydrogens is 882 g/mol. The fourth-order valence-corrected chi connectivity index (χ4v) is 5.67. The molecule has 6 rings (SSSR count). The van der Waals surface area contributed by atoms with Gasteiger partial charge in [0.15, 0.2) is 11.6 Å². The first-order chi connectivity index (χ1) is 26.1. The van der Waals surface area contributed by atoms with E-state index in [1.165, 1.54) is 61.2 Å². The van der Waals surface area contributed by atoms with Crippen LogP contribution in [0.4, 0.5) is 20.2 Å². The summed E-state index contributed by atoms with van der Waals surface area (Å²) in [6, 6.07) is 11.0. The Kier molecular flexibility index (Phi) is 15.5. The van der Waals surface area contributed by atoms with Crippen molar-refractivity contribution in [1.29, 1.82) is 0 Å². The maximum atomic E-state index is 15.2. The number of hydrogen-bond acceptors (Lipinski definition) is 12. The van der Waals surface area contributed by atoms with E-state index >= 15 is 4.39 Å². The van der Waals surface area contributed by atoms with Gasteiger partial charge in [-0.05, 0) is 87.7 Å². The first-order valence-electron chi connectivity index (χ1n) is 15.7. The molecule has 0 fully saturated rings. The number of aromatic nitrogens is 6. The highest BCUT2D eigenvalue weighted by atomic mass is 79.9. The van der Waals surface area contributed by atoms with E-state index < -0.39 is 50.3 Å². The Hall–Kier alpha value is -6.28. The number of nitrogens with one attached hydrogen (secondary N) is 2. The highest BCUT2D eigenvalue weighted by Gasteiger charge is 2.28. The standard InChI is InChI=1S/C18H14BrFN4O4.C17H12BrFN4O4.2CH4/c1-9-5-14(22-23-18(9)25)10(2)13-3-4-15(24(26)27)17(16(13)20)28-12-6-11(19)7-21-8-12;1-9-4-12(21-22-17(9)24)5-10-2-3-14(23(25)26)16(15(10)19)27-13-6-11(18)7-20-8-13;;/h3-8,10H,1-2H3,(H,23,25);2-4,6-8H,5H2,1H3,(H,22,24);2*1H4. The Morgan fingerprint density at radius 2 is 1.23 bits per heavy atom. The molecule has 2 aromatic carbocycles. The second kappa shape index (κ2) is 19.5. The largest absolute Gasteiger partial charge is 0.445 e. The summed E-state index contributed by atoms with van der Waals surface area (Å²) >= 11 is 6.42. The van der Waals surface area contributed by atoms with Gasteiger partial charge in [-0.3, -0.25) is 39.8 Å². The number of pyridine rings is 2. The van der Waals surface area contributed by atoms with E-state index in [1.54, 1.807) is 26.8 Å². The minimum atomic E-state index is -0.882. The molecule has 20 heteroatoms. The van der Waals surface area contributed by atoms with Crippen LogP contribution in [0.25, 0.3) is 0 Å². The van der Waals surface area contributed by atoms with Gasteiger partial charge in [-0.25, -0.2) is 19.0 Å². The monoisotopic (exact) mass is 914 g/mol. The average Bonchev–Trinajstić information content (AvgIpc) is 3.13. The van der Waals surface area contributed by atoms with Crippen molar-refractivity contribution in [3.05, 3.63) is 168 Å². The smallest absolute Gasteiger partial charge is 0.314 e. The van der Waals surface area contributed by atoms with Crippen LogP contribution in [0.2, 0.25) is 0 Å². The number of nitrogens with zero attached hydrogens (tertiary/aromatic N) is 6. The zero-order valence-corrected chi connectivity index (χ0v) is 31.8. The number of nitro benzene ring substituents is 2. The van der Waals surface area contributed by atoms with Crippen LogP contribution in [-0.4, -0.2) is 40.2 Å². The number of hydrogen-bond donors (Lipinski definition) is 2. The summed E-state index contributed by atoms with van der Waals surface area (Å²) in [4.78, 5) is 51.9. The molecule has 0 aliphatic rings. The third-order valence-electron chi connectivity index (χ3n) is 7.79. The molecule has 0 spiro atoms. The first kappa shape index (κ1) is 45.1. The van der Waals surface area contributed by atoms with Gasteiger partial charge >= 0.3 is 11.4 Å². The van der Waals surface area contributed by atoms with Crippen molar-refractivity contribution in [3.63, 3.8) is 0 Å². The van der Waals surface area contributed by atoms with Crippen molar-refractivity contribution in [1.82, 2.24) is 30.4 Å². The molecule has 57 heavy (non-hydrogen) atoms. The molecule has 0 aliphatic heterocycles. The lowest BCUT2D eigenvalue weighted by molar-refractivity contribution is -0.386. The summed E-state index contributed by atoms with van der Waals surface area (Å²) in [6.07, 6.45) is 5.65. The van der Waals surface area contributed by atoms with Crippen LogP contribution in [0.1, 0.15) is 61.3 Å². The van der Waals surface area contributed by atoms with Crippen molar-refractivity contribution in [2.75, 3.05) is 0 Å². The Bertz CT molecular complexity index is 2560. The molecule has 2 N–H and O–H groups in total. The summed E-state index contributed by atoms with van der Waals surface area (Å²) in [5.41, 5.74) is 0.256. The second-order valence-corrected chi connectivity index (χ2v) is 13.5. The Labute approximate surface area is 339 Å². The lowest BCUT2D eigenvalue weighted by Crippen LogP contribution is -2.15. The van der Waals surface area contributed by atoms with Gasteiger partial charge in [0, 0.05) is 62.5 Å². The van der Waals surface area contributed by atoms with Crippen LogP contribution in [0.3, 0.4) is 0 Å². The lowest BCUT2D eigenvalue weighted by atomic mass is 9.95. The van der Waals surface area contributed by atoms with Gasteiger partial charge in [0.05, 0.1) is 33.6 Å². The van der Waals surface area contributed by atoms with Crippen molar-refractivity contribution in [3.8, 4) is 23.0 Å². The van der Waals surface area contributed by atoms with Crippen LogP contribution >= 0.6 is 31.9 Å². The molecule has 1 atom stereocenters. The molecule has 0 amide bonds. The van der Waals surface area contributed by atoms with E-state index in [0.29, 0.717) is 31.5 Å². The number of benzene rings is 2. The fraction of sp³-hybridized carbons (Fsp3) is 0.189. The third-order valence-corrected chi connectivity index (χ3v) is 8.66. The quantitative estimate of drug-likeness (QED) is 0.0970. The molecule has 298 valence electrons. The molecule has 0 saturated heterocycles. The lowest BCUT2D eigenvalue weighted by Gasteiger charge is -2.15. The Morgan fingerprint density at radius 1 is 0.737 bits per heavy atom. The minimum Gasteiger partial charge on any atom is -0.445 e. The summed E-state index contributed by atoms with van der Waals surface area (Å²) in [6.45, 7) is 4.89. The van der Waals surface area contributed by atoms with E-state index in [-0.39, 0.29) is 55.0 Å². The van der Waals surface area contributed by atoms with E-state index in [1.807, 2.05) is 0 Å². The van der Waals surface area contributed by atoms with Crippen LogP contribution in [0.15, 0.2) is 91.9 Å². The van der Waals surface area contributed by atoms with E-state index in [4.69, 9.17) is 9.47 Å². The highest BCUT2D eigenvalue weighted by Crippen LogP contribution is 2.40. The molecule has 0 saturated carbocycles. The number of ether oxygens (including phenoxy) is 2. The van der Waals surface area contributed by atoms with Gasteiger partial charge < -0.3 is 9.47 Å². The summed E-state index contributed by atoms with van der Waals surface area (Å²) in [5.74, 6) is -3.10. The molecule has 4 heterocycles. The predicted octanol–water partition coefficient (Wildman–Crippen LogP) is 9.17. The van der Waals surface area contributed by atoms with Gasteiger partial charge in [-0.1, -0.05) is 21.8 Å².